The van der Waals surface area contributed by atoms with E-state index < -0.39 is 17.7 Å². The Balaban J connectivity index is 2.02. The minimum Gasteiger partial charge on any atom is -0.465 e. The van der Waals surface area contributed by atoms with Crippen LogP contribution in [0, 0.1) is 5.82 Å². The summed E-state index contributed by atoms with van der Waals surface area (Å²) in [5.74, 6) is -1.59. The van der Waals surface area contributed by atoms with Gasteiger partial charge in [-0.3, -0.25) is 4.79 Å². The molecule has 0 radical (unpaired) electrons. The lowest BCUT2D eigenvalue weighted by Gasteiger charge is -2.11. The smallest absolute Gasteiger partial charge is 0.339 e. The Morgan fingerprint density at radius 3 is 2.65 bits per heavy atom. The van der Waals surface area contributed by atoms with Crippen LogP contribution in [0.5, 0.6) is 0 Å². The molecule has 0 bridgehead atoms. The van der Waals surface area contributed by atoms with Crippen LogP contribution in [0.25, 0.3) is 0 Å². The molecular weight excluding hydrogens is 323 g/mol. The second-order valence-corrected chi connectivity index (χ2v) is 5.00. The molecule has 0 aliphatic rings. The number of hydrogen-bond donors (Lipinski definition) is 2. The van der Waals surface area contributed by atoms with Crippen molar-refractivity contribution in [1.29, 1.82) is 0 Å². The van der Waals surface area contributed by atoms with Gasteiger partial charge in [0, 0.05) is 10.7 Å². The van der Waals surface area contributed by atoms with Gasteiger partial charge in [-0.25, -0.2) is 9.18 Å². The van der Waals surface area contributed by atoms with E-state index in [1.807, 2.05) is 0 Å². The fourth-order valence-corrected chi connectivity index (χ4v) is 2.06. The van der Waals surface area contributed by atoms with Crippen molar-refractivity contribution < 1.29 is 18.7 Å². The zero-order valence-corrected chi connectivity index (χ0v) is 13.0. The molecule has 0 heterocycles. The summed E-state index contributed by atoms with van der Waals surface area (Å²) in [5, 5.41) is 5.53. The number of ether oxygens (including phenoxy) is 1. The Hall–Kier alpha value is -2.60. The maximum atomic E-state index is 13.6. The van der Waals surface area contributed by atoms with E-state index in [1.165, 1.54) is 19.2 Å². The Morgan fingerprint density at radius 1 is 1.17 bits per heavy atom. The Morgan fingerprint density at radius 2 is 1.91 bits per heavy atom. The van der Waals surface area contributed by atoms with Crippen LogP contribution in [0.3, 0.4) is 0 Å². The van der Waals surface area contributed by atoms with Gasteiger partial charge in [-0.05, 0) is 30.3 Å². The molecule has 1 amide bonds. The lowest BCUT2D eigenvalue weighted by Crippen LogP contribution is -2.23. The number of methoxy groups -OCH3 is 1. The zero-order chi connectivity index (χ0) is 16.8. The average molecular weight is 337 g/mol. The first-order valence-corrected chi connectivity index (χ1v) is 7.05. The summed E-state index contributed by atoms with van der Waals surface area (Å²) in [5.41, 5.74) is 0.739. The SMILES string of the molecule is COC(=O)c1ccccc1NCC(=O)Nc1cc(Cl)ccc1F. The molecular formula is C16H14ClFN2O3. The van der Waals surface area contributed by atoms with Gasteiger partial charge in [0.15, 0.2) is 0 Å². The van der Waals surface area contributed by atoms with Gasteiger partial charge in [0.2, 0.25) is 5.91 Å². The van der Waals surface area contributed by atoms with Gasteiger partial charge in [0.1, 0.15) is 5.82 Å². The van der Waals surface area contributed by atoms with Crippen LogP contribution in [-0.2, 0) is 9.53 Å². The summed E-state index contributed by atoms with van der Waals surface area (Å²) < 4.78 is 18.2. The summed E-state index contributed by atoms with van der Waals surface area (Å²) >= 11 is 5.76. The molecule has 0 aliphatic heterocycles. The van der Waals surface area contributed by atoms with E-state index in [2.05, 4.69) is 15.4 Å². The molecule has 23 heavy (non-hydrogen) atoms. The molecule has 0 fully saturated rings. The third-order valence-corrected chi connectivity index (χ3v) is 3.21. The van der Waals surface area contributed by atoms with Crippen molar-refractivity contribution in [2.75, 3.05) is 24.3 Å². The minimum atomic E-state index is -0.585. The number of para-hydroxylation sites is 1. The quantitative estimate of drug-likeness (QED) is 0.822. The van der Waals surface area contributed by atoms with E-state index in [9.17, 15) is 14.0 Å². The number of amides is 1. The third kappa shape index (κ3) is 4.43. The predicted molar refractivity (Wildman–Crippen MR) is 86.3 cm³/mol. The van der Waals surface area contributed by atoms with Gasteiger partial charge in [0.05, 0.1) is 24.9 Å². The van der Waals surface area contributed by atoms with Crippen LogP contribution in [-0.4, -0.2) is 25.5 Å². The number of benzene rings is 2. The molecule has 2 rings (SSSR count). The van der Waals surface area contributed by atoms with Gasteiger partial charge < -0.3 is 15.4 Å². The molecule has 2 aromatic carbocycles. The molecule has 120 valence electrons. The zero-order valence-electron chi connectivity index (χ0n) is 12.2. The summed E-state index contributed by atoms with van der Waals surface area (Å²) in [6.45, 7) is -0.153. The lowest BCUT2D eigenvalue weighted by atomic mass is 10.2. The van der Waals surface area contributed by atoms with E-state index in [0.29, 0.717) is 16.3 Å². The number of esters is 1. The summed E-state index contributed by atoms with van der Waals surface area (Å²) in [6.07, 6.45) is 0. The molecule has 2 aromatic rings. The molecule has 0 aliphatic carbocycles. The molecule has 2 N–H and O–H groups in total. The monoisotopic (exact) mass is 336 g/mol. The number of rotatable bonds is 5. The maximum absolute atomic E-state index is 13.6. The lowest BCUT2D eigenvalue weighted by molar-refractivity contribution is -0.114. The van der Waals surface area contributed by atoms with Crippen molar-refractivity contribution in [1.82, 2.24) is 0 Å². The molecule has 0 aromatic heterocycles. The second-order valence-electron chi connectivity index (χ2n) is 4.56. The van der Waals surface area contributed by atoms with Crippen molar-refractivity contribution in [2.45, 2.75) is 0 Å². The largest absolute Gasteiger partial charge is 0.465 e. The van der Waals surface area contributed by atoms with Gasteiger partial charge in [-0.1, -0.05) is 23.7 Å². The maximum Gasteiger partial charge on any atom is 0.339 e. The summed E-state index contributed by atoms with van der Waals surface area (Å²) in [7, 11) is 1.27. The van der Waals surface area contributed by atoms with Gasteiger partial charge in [-0.15, -0.1) is 0 Å². The highest BCUT2D eigenvalue weighted by molar-refractivity contribution is 6.30. The van der Waals surface area contributed by atoms with Crippen LogP contribution in [0.4, 0.5) is 15.8 Å². The highest BCUT2D eigenvalue weighted by Gasteiger charge is 2.12. The van der Waals surface area contributed by atoms with Crippen LogP contribution in [0.1, 0.15) is 10.4 Å². The highest BCUT2D eigenvalue weighted by Crippen LogP contribution is 2.20. The first-order chi connectivity index (χ1) is 11.0. The molecule has 7 heteroatoms. The number of carbonyl (C=O) groups excluding carboxylic acids is 2. The number of halogens is 2. The normalized spacial score (nSPS) is 10.0. The van der Waals surface area contributed by atoms with Gasteiger partial charge in [-0.2, -0.15) is 0 Å². The van der Waals surface area contributed by atoms with Crippen molar-refractivity contribution in [2.24, 2.45) is 0 Å². The fourth-order valence-electron chi connectivity index (χ4n) is 1.89. The topological polar surface area (TPSA) is 67.4 Å². The average Bonchev–Trinajstić information content (AvgIpc) is 2.56. The number of anilines is 2. The number of nitrogens with one attached hydrogen (secondary N) is 2. The van der Waals surface area contributed by atoms with E-state index in [-0.39, 0.29) is 12.2 Å². The second kappa shape index (κ2) is 7.60. The van der Waals surface area contributed by atoms with E-state index in [0.717, 1.165) is 6.07 Å². The van der Waals surface area contributed by atoms with Crippen LogP contribution < -0.4 is 10.6 Å². The van der Waals surface area contributed by atoms with Crippen LogP contribution >= 0.6 is 11.6 Å². The van der Waals surface area contributed by atoms with Crippen LogP contribution in [0.15, 0.2) is 42.5 Å². The third-order valence-electron chi connectivity index (χ3n) is 2.97. The van der Waals surface area contributed by atoms with Crippen molar-refractivity contribution in [3.63, 3.8) is 0 Å². The van der Waals surface area contributed by atoms with Crippen LogP contribution in [0.2, 0.25) is 5.02 Å². The Bertz CT molecular complexity index is 737. The summed E-state index contributed by atoms with van der Waals surface area (Å²) in [4.78, 5) is 23.5. The van der Waals surface area contributed by atoms with E-state index in [4.69, 9.17) is 11.6 Å². The number of hydrogen-bond acceptors (Lipinski definition) is 4. The van der Waals surface area contributed by atoms with Gasteiger partial charge in [0.25, 0.3) is 0 Å². The van der Waals surface area contributed by atoms with Crippen molar-refractivity contribution in [3.05, 3.63) is 58.9 Å². The predicted octanol–water partition coefficient (Wildman–Crippen LogP) is 3.32. The Kier molecular flexibility index (Phi) is 5.54. The molecule has 0 saturated carbocycles. The number of carbonyl (C=O) groups is 2. The Labute approximate surface area is 137 Å². The molecule has 0 spiro atoms. The van der Waals surface area contributed by atoms with Gasteiger partial charge >= 0.3 is 5.97 Å². The summed E-state index contributed by atoms with van der Waals surface area (Å²) in [6, 6.07) is 10.5. The highest BCUT2D eigenvalue weighted by atomic mass is 35.5. The first kappa shape index (κ1) is 16.8. The van der Waals surface area contributed by atoms with Crippen molar-refractivity contribution in [3.8, 4) is 0 Å². The standard InChI is InChI=1S/C16H14ClFN2O3/c1-23-16(22)11-4-2-3-5-13(11)19-9-15(21)20-14-8-10(17)6-7-12(14)18/h2-8,19H,9H2,1H3,(H,20,21). The molecule has 0 saturated heterocycles. The van der Waals surface area contributed by atoms with Crippen molar-refractivity contribution >= 4 is 34.9 Å². The fraction of sp³-hybridized carbons (Fsp3) is 0.125. The molecule has 5 nitrogen and oxygen atoms in total. The minimum absolute atomic E-state index is 0.00875. The molecule has 0 atom stereocenters. The molecule has 0 unspecified atom stereocenters. The first-order valence-electron chi connectivity index (χ1n) is 6.67. The van der Waals surface area contributed by atoms with E-state index in [1.54, 1.807) is 24.3 Å². The van der Waals surface area contributed by atoms with E-state index >= 15 is 0 Å².